The third-order valence-corrected chi connectivity index (χ3v) is 3.07. The molecule has 0 N–H and O–H groups in total. The van der Waals surface area contributed by atoms with Crippen LogP contribution in [-0.2, 0) is 11.3 Å². The van der Waals surface area contributed by atoms with Crippen LogP contribution in [0.2, 0.25) is 5.02 Å². The number of ketones is 2. The van der Waals surface area contributed by atoms with Crippen LogP contribution in [0.1, 0.15) is 17.3 Å². The summed E-state index contributed by atoms with van der Waals surface area (Å²) in [6, 6.07) is 6.32. The molecular formula is C14H13ClN2O2. The van der Waals surface area contributed by atoms with Gasteiger partial charge in [-0.15, -0.1) is 0 Å². The molecule has 0 aliphatic carbocycles. The zero-order chi connectivity index (χ0) is 13.8. The van der Waals surface area contributed by atoms with Gasteiger partial charge in [-0.05, 0) is 24.3 Å². The number of aromatic nitrogens is 2. The Bertz CT molecular complexity index is 576. The minimum absolute atomic E-state index is 0.367. The lowest BCUT2D eigenvalue weighted by molar-refractivity contribution is -0.118. The van der Waals surface area contributed by atoms with Gasteiger partial charge in [0.15, 0.2) is 0 Å². The summed E-state index contributed by atoms with van der Waals surface area (Å²) in [6.45, 7) is 2.17. The summed E-state index contributed by atoms with van der Waals surface area (Å²) in [4.78, 5) is 27.9. The Morgan fingerprint density at radius 2 is 2.00 bits per heavy atom. The van der Waals surface area contributed by atoms with E-state index in [0.29, 0.717) is 17.1 Å². The third kappa shape index (κ3) is 3.29. The molecule has 0 fully saturated rings. The molecule has 0 radical (unpaired) electrons. The number of Topliss-reactive ketones (excluding diaryl/α,β-unsaturated/α-hetero) is 2. The molecule has 1 aromatic carbocycles. The number of rotatable bonds is 5. The van der Waals surface area contributed by atoms with Crippen LogP contribution in [0.5, 0.6) is 0 Å². The van der Waals surface area contributed by atoms with E-state index >= 15 is 0 Å². The normalized spacial score (nSPS) is 12.1. The molecule has 0 bridgehead atoms. The fourth-order valence-electron chi connectivity index (χ4n) is 1.76. The second-order valence-electron chi connectivity index (χ2n) is 4.36. The van der Waals surface area contributed by atoms with Crippen LogP contribution in [0.25, 0.3) is 0 Å². The molecule has 0 saturated carbocycles. The first kappa shape index (κ1) is 13.5. The zero-order valence-corrected chi connectivity index (χ0v) is 11.2. The lowest BCUT2D eigenvalue weighted by Gasteiger charge is -2.10. The van der Waals surface area contributed by atoms with E-state index in [1.54, 1.807) is 54.5 Å². The predicted molar refractivity (Wildman–Crippen MR) is 72.2 cm³/mol. The first-order valence-electron chi connectivity index (χ1n) is 5.88. The molecule has 2 aromatic rings. The minimum atomic E-state index is -0.482. The Hall–Kier alpha value is -1.94. The van der Waals surface area contributed by atoms with Gasteiger partial charge in [0.2, 0.25) is 11.6 Å². The average molecular weight is 277 g/mol. The molecule has 98 valence electrons. The lowest BCUT2D eigenvalue weighted by Crippen LogP contribution is -2.25. The van der Waals surface area contributed by atoms with Crippen LogP contribution in [0.15, 0.2) is 43.0 Å². The Morgan fingerprint density at radius 1 is 1.32 bits per heavy atom. The van der Waals surface area contributed by atoms with Gasteiger partial charge in [-0.25, -0.2) is 4.98 Å². The molecule has 4 nitrogen and oxygen atoms in total. The van der Waals surface area contributed by atoms with E-state index in [0.717, 1.165) is 0 Å². The molecule has 1 heterocycles. The van der Waals surface area contributed by atoms with Gasteiger partial charge in [0.1, 0.15) is 0 Å². The van der Waals surface area contributed by atoms with Crippen molar-refractivity contribution in [3.63, 3.8) is 0 Å². The topological polar surface area (TPSA) is 52.0 Å². The van der Waals surface area contributed by atoms with Gasteiger partial charge in [-0.2, -0.15) is 0 Å². The quantitative estimate of drug-likeness (QED) is 0.623. The maximum absolute atomic E-state index is 12.0. The Labute approximate surface area is 116 Å². The lowest BCUT2D eigenvalue weighted by atomic mass is 9.98. The highest BCUT2D eigenvalue weighted by Gasteiger charge is 2.22. The molecule has 2 rings (SSSR count). The van der Waals surface area contributed by atoms with Crippen LogP contribution in [0, 0.1) is 5.92 Å². The van der Waals surface area contributed by atoms with Crippen LogP contribution < -0.4 is 0 Å². The standard InChI is InChI=1S/C14H13ClN2O2/c1-10(8-17-7-6-16-9-17)13(18)14(19)11-2-4-12(15)5-3-11/h2-7,9-10H,8H2,1H3. The van der Waals surface area contributed by atoms with Crippen molar-refractivity contribution in [3.8, 4) is 0 Å². The van der Waals surface area contributed by atoms with E-state index in [4.69, 9.17) is 11.6 Å². The summed E-state index contributed by atoms with van der Waals surface area (Å²) in [5.74, 6) is -1.28. The third-order valence-electron chi connectivity index (χ3n) is 2.82. The molecule has 5 heteroatoms. The number of benzene rings is 1. The van der Waals surface area contributed by atoms with Gasteiger partial charge < -0.3 is 4.57 Å². The van der Waals surface area contributed by atoms with Gasteiger partial charge in [0.25, 0.3) is 0 Å². The van der Waals surface area contributed by atoms with Crippen molar-refractivity contribution in [2.45, 2.75) is 13.5 Å². The highest BCUT2D eigenvalue weighted by atomic mass is 35.5. The summed E-state index contributed by atoms with van der Waals surface area (Å²) in [5, 5.41) is 0.537. The van der Waals surface area contributed by atoms with E-state index in [-0.39, 0.29) is 0 Å². The fourth-order valence-corrected chi connectivity index (χ4v) is 1.89. The predicted octanol–water partition coefficient (Wildman–Crippen LogP) is 2.62. The Morgan fingerprint density at radius 3 is 2.58 bits per heavy atom. The number of hydrogen-bond acceptors (Lipinski definition) is 3. The number of imidazole rings is 1. The molecule has 0 aliphatic heterocycles. The van der Waals surface area contributed by atoms with E-state index in [9.17, 15) is 9.59 Å². The summed E-state index contributed by atoms with van der Waals surface area (Å²) < 4.78 is 1.78. The Kier molecular flexibility index (Phi) is 4.12. The number of carbonyl (C=O) groups excluding carboxylic acids is 2. The van der Waals surface area contributed by atoms with Gasteiger partial charge in [0, 0.05) is 35.4 Å². The van der Waals surface area contributed by atoms with E-state index < -0.39 is 17.5 Å². The highest BCUT2D eigenvalue weighted by Crippen LogP contribution is 2.13. The monoisotopic (exact) mass is 276 g/mol. The molecule has 1 aromatic heterocycles. The molecule has 1 unspecified atom stereocenters. The van der Waals surface area contributed by atoms with Crippen molar-refractivity contribution in [3.05, 3.63) is 53.6 Å². The summed E-state index contributed by atoms with van der Waals surface area (Å²) in [5.41, 5.74) is 0.367. The molecule has 0 amide bonds. The van der Waals surface area contributed by atoms with Crippen LogP contribution in [0.3, 0.4) is 0 Å². The number of halogens is 1. The first-order valence-corrected chi connectivity index (χ1v) is 6.25. The first-order chi connectivity index (χ1) is 9.08. The zero-order valence-electron chi connectivity index (χ0n) is 10.4. The summed E-state index contributed by atoms with van der Waals surface area (Å²) in [7, 11) is 0. The number of nitrogens with zero attached hydrogens (tertiary/aromatic N) is 2. The smallest absolute Gasteiger partial charge is 0.228 e. The van der Waals surface area contributed by atoms with Crippen molar-refractivity contribution < 1.29 is 9.59 Å². The molecule has 0 saturated heterocycles. The van der Waals surface area contributed by atoms with Gasteiger partial charge in [0.05, 0.1) is 6.33 Å². The van der Waals surface area contributed by atoms with E-state index in [2.05, 4.69) is 4.98 Å². The van der Waals surface area contributed by atoms with Crippen molar-refractivity contribution >= 4 is 23.2 Å². The highest BCUT2D eigenvalue weighted by molar-refractivity contribution is 6.44. The van der Waals surface area contributed by atoms with Crippen molar-refractivity contribution in [2.75, 3.05) is 0 Å². The van der Waals surface area contributed by atoms with Crippen molar-refractivity contribution in [2.24, 2.45) is 5.92 Å². The maximum atomic E-state index is 12.0. The number of carbonyl (C=O) groups is 2. The molecule has 1 atom stereocenters. The van der Waals surface area contributed by atoms with Crippen LogP contribution in [0.4, 0.5) is 0 Å². The Balaban J connectivity index is 2.06. The van der Waals surface area contributed by atoms with Gasteiger partial charge in [-0.3, -0.25) is 9.59 Å². The van der Waals surface area contributed by atoms with Crippen LogP contribution in [-0.4, -0.2) is 21.1 Å². The molecule has 0 aliphatic rings. The summed E-state index contributed by atoms with van der Waals surface area (Å²) >= 11 is 5.75. The van der Waals surface area contributed by atoms with E-state index in [1.165, 1.54) is 0 Å². The van der Waals surface area contributed by atoms with Crippen LogP contribution >= 0.6 is 11.6 Å². The summed E-state index contributed by atoms with van der Waals surface area (Å²) in [6.07, 6.45) is 5.02. The van der Waals surface area contributed by atoms with Crippen molar-refractivity contribution in [1.82, 2.24) is 9.55 Å². The largest absolute Gasteiger partial charge is 0.337 e. The molecule has 19 heavy (non-hydrogen) atoms. The second kappa shape index (κ2) is 5.80. The van der Waals surface area contributed by atoms with Gasteiger partial charge >= 0.3 is 0 Å². The van der Waals surface area contributed by atoms with E-state index in [1.807, 2.05) is 0 Å². The second-order valence-corrected chi connectivity index (χ2v) is 4.80. The minimum Gasteiger partial charge on any atom is -0.337 e. The fraction of sp³-hybridized carbons (Fsp3) is 0.214. The van der Waals surface area contributed by atoms with Gasteiger partial charge in [-0.1, -0.05) is 18.5 Å². The number of hydrogen-bond donors (Lipinski definition) is 0. The average Bonchev–Trinajstić information content (AvgIpc) is 2.90. The SMILES string of the molecule is CC(Cn1ccnc1)C(=O)C(=O)c1ccc(Cl)cc1. The molecule has 0 spiro atoms. The molecular weight excluding hydrogens is 264 g/mol. The maximum Gasteiger partial charge on any atom is 0.228 e. The van der Waals surface area contributed by atoms with Crippen molar-refractivity contribution in [1.29, 1.82) is 0 Å².